The molecule has 0 spiro atoms. The predicted molar refractivity (Wildman–Crippen MR) is 59.7 cm³/mol. The van der Waals surface area contributed by atoms with Gasteiger partial charge in [-0.2, -0.15) is 0 Å². The van der Waals surface area contributed by atoms with Crippen molar-refractivity contribution in [2.45, 2.75) is 51.2 Å². The highest BCUT2D eigenvalue weighted by Crippen LogP contribution is 2.18. The normalized spacial score (nSPS) is 15.7. The molecule has 0 aromatic heterocycles. The molecule has 0 bridgehead atoms. The van der Waals surface area contributed by atoms with Crippen LogP contribution >= 0.6 is 0 Å². The fourth-order valence-electron chi connectivity index (χ4n) is 1.19. The Morgan fingerprint density at radius 3 is 2.50 bits per heavy atom. The fourth-order valence-corrected chi connectivity index (χ4v) is 1.19. The smallest absolute Gasteiger partial charge is 0.251 e. The summed E-state index contributed by atoms with van der Waals surface area (Å²) in [4.78, 5) is 22.5. The number of hydrogen-bond donors (Lipinski definition) is 3. The molecule has 1 rings (SSSR count). The molecule has 0 radical (unpaired) electrons. The van der Waals surface area contributed by atoms with Crippen molar-refractivity contribution < 1.29 is 14.7 Å². The van der Waals surface area contributed by atoms with Crippen molar-refractivity contribution in [3.8, 4) is 0 Å². The highest BCUT2D eigenvalue weighted by Gasteiger charge is 2.24. The zero-order valence-corrected chi connectivity index (χ0v) is 9.88. The molecule has 0 saturated heterocycles. The summed E-state index contributed by atoms with van der Waals surface area (Å²) in [5.74, 6) is -0.366. The lowest BCUT2D eigenvalue weighted by molar-refractivity contribution is -0.136. The number of rotatable bonds is 6. The van der Waals surface area contributed by atoms with Crippen LogP contribution in [0.25, 0.3) is 0 Å². The molecule has 1 fully saturated rings. The molecule has 92 valence electrons. The maximum absolute atomic E-state index is 11.3. The monoisotopic (exact) mass is 228 g/mol. The summed E-state index contributed by atoms with van der Waals surface area (Å²) in [5, 5.41) is 14.8. The van der Waals surface area contributed by atoms with Crippen LogP contribution in [0.3, 0.4) is 0 Å². The molecular formula is C11H20N2O3. The van der Waals surface area contributed by atoms with Crippen molar-refractivity contribution in [3.63, 3.8) is 0 Å². The Morgan fingerprint density at radius 2 is 2.00 bits per heavy atom. The minimum atomic E-state index is -1.35. The first-order valence-electron chi connectivity index (χ1n) is 5.69. The van der Waals surface area contributed by atoms with E-state index in [9.17, 15) is 14.7 Å². The van der Waals surface area contributed by atoms with Gasteiger partial charge in [-0.3, -0.25) is 9.59 Å². The van der Waals surface area contributed by atoms with Crippen LogP contribution in [0.4, 0.5) is 0 Å². The molecule has 0 heterocycles. The van der Waals surface area contributed by atoms with Crippen LogP contribution in [0.5, 0.6) is 0 Å². The minimum absolute atomic E-state index is 0.0417. The van der Waals surface area contributed by atoms with Gasteiger partial charge in [0.1, 0.15) is 5.60 Å². The number of carbonyl (C=O) groups is 2. The number of carbonyl (C=O) groups excluding carboxylic acids is 2. The van der Waals surface area contributed by atoms with E-state index in [1.54, 1.807) is 0 Å². The van der Waals surface area contributed by atoms with Crippen molar-refractivity contribution in [2.75, 3.05) is 6.54 Å². The van der Waals surface area contributed by atoms with Crippen molar-refractivity contribution >= 4 is 11.8 Å². The van der Waals surface area contributed by atoms with Gasteiger partial charge in [0, 0.05) is 19.0 Å². The standard InChI is InChI=1S/C11H20N2O3/c1-11(2,16)10(15)12-7-3-4-9(14)13-8-5-6-8/h8,16H,3-7H2,1-2H3,(H,12,15)(H,13,14). The molecule has 16 heavy (non-hydrogen) atoms. The van der Waals surface area contributed by atoms with Crippen molar-refractivity contribution in [1.29, 1.82) is 0 Å². The molecule has 0 aromatic rings. The van der Waals surface area contributed by atoms with Gasteiger partial charge in [0.05, 0.1) is 0 Å². The molecule has 1 saturated carbocycles. The van der Waals surface area contributed by atoms with Crippen LogP contribution in [-0.4, -0.2) is 35.1 Å². The maximum Gasteiger partial charge on any atom is 0.251 e. The van der Waals surface area contributed by atoms with E-state index < -0.39 is 11.5 Å². The van der Waals surface area contributed by atoms with Gasteiger partial charge in [-0.15, -0.1) is 0 Å². The highest BCUT2D eigenvalue weighted by molar-refractivity contribution is 5.83. The molecule has 0 aromatic carbocycles. The molecular weight excluding hydrogens is 208 g/mol. The van der Waals surface area contributed by atoms with Crippen LogP contribution in [0, 0.1) is 0 Å². The van der Waals surface area contributed by atoms with Crippen molar-refractivity contribution in [1.82, 2.24) is 10.6 Å². The van der Waals surface area contributed by atoms with E-state index in [0.29, 0.717) is 25.4 Å². The Morgan fingerprint density at radius 1 is 1.38 bits per heavy atom. The van der Waals surface area contributed by atoms with Gasteiger partial charge in [0.2, 0.25) is 5.91 Å². The first-order chi connectivity index (χ1) is 7.39. The summed E-state index contributed by atoms with van der Waals surface area (Å²) >= 11 is 0. The first-order valence-corrected chi connectivity index (χ1v) is 5.69. The molecule has 2 amide bonds. The number of nitrogens with one attached hydrogen (secondary N) is 2. The molecule has 1 aliphatic carbocycles. The van der Waals surface area contributed by atoms with Crippen LogP contribution in [-0.2, 0) is 9.59 Å². The quantitative estimate of drug-likeness (QED) is 0.557. The van der Waals surface area contributed by atoms with Gasteiger partial charge in [-0.05, 0) is 33.1 Å². The van der Waals surface area contributed by atoms with Crippen molar-refractivity contribution in [2.24, 2.45) is 0 Å². The van der Waals surface area contributed by atoms with E-state index in [-0.39, 0.29) is 5.91 Å². The number of aliphatic hydroxyl groups is 1. The average molecular weight is 228 g/mol. The zero-order valence-electron chi connectivity index (χ0n) is 9.88. The topological polar surface area (TPSA) is 78.4 Å². The zero-order chi connectivity index (χ0) is 12.2. The molecule has 1 aliphatic rings. The first kappa shape index (κ1) is 13.0. The second-order valence-corrected chi connectivity index (χ2v) is 4.76. The minimum Gasteiger partial charge on any atom is -0.381 e. The Balaban J connectivity index is 2.02. The van der Waals surface area contributed by atoms with Gasteiger partial charge in [-0.1, -0.05) is 0 Å². The Labute approximate surface area is 95.6 Å². The third kappa shape index (κ3) is 5.11. The third-order valence-electron chi connectivity index (χ3n) is 2.36. The van der Waals surface area contributed by atoms with E-state index in [1.165, 1.54) is 13.8 Å². The summed E-state index contributed by atoms with van der Waals surface area (Å²) < 4.78 is 0. The summed E-state index contributed by atoms with van der Waals surface area (Å²) in [5.41, 5.74) is -1.35. The lowest BCUT2D eigenvalue weighted by Gasteiger charge is -2.16. The molecule has 0 aliphatic heterocycles. The lowest BCUT2D eigenvalue weighted by atomic mass is 10.1. The summed E-state index contributed by atoms with van der Waals surface area (Å²) in [6, 6.07) is 0.387. The van der Waals surface area contributed by atoms with E-state index in [0.717, 1.165) is 12.8 Å². The maximum atomic E-state index is 11.3. The fraction of sp³-hybridized carbons (Fsp3) is 0.818. The van der Waals surface area contributed by atoms with Gasteiger partial charge in [0.25, 0.3) is 5.91 Å². The van der Waals surface area contributed by atoms with E-state index in [2.05, 4.69) is 10.6 Å². The predicted octanol–water partition coefficient (Wildman–Crippen LogP) is -0.0677. The molecule has 3 N–H and O–H groups in total. The van der Waals surface area contributed by atoms with E-state index >= 15 is 0 Å². The molecule has 5 nitrogen and oxygen atoms in total. The largest absolute Gasteiger partial charge is 0.381 e. The molecule has 0 unspecified atom stereocenters. The second-order valence-electron chi connectivity index (χ2n) is 4.76. The summed E-state index contributed by atoms with van der Waals surface area (Å²) in [6.45, 7) is 3.28. The van der Waals surface area contributed by atoms with E-state index in [1.807, 2.05) is 0 Å². The second kappa shape index (κ2) is 5.30. The van der Waals surface area contributed by atoms with Crippen molar-refractivity contribution in [3.05, 3.63) is 0 Å². The van der Waals surface area contributed by atoms with Crippen LogP contribution in [0.15, 0.2) is 0 Å². The van der Waals surface area contributed by atoms with Crippen LogP contribution < -0.4 is 10.6 Å². The molecule has 0 atom stereocenters. The number of amides is 2. The van der Waals surface area contributed by atoms with Gasteiger partial charge < -0.3 is 15.7 Å². The van der Waals surface area contributed by atoms with E-state index in [4.69, 9.17) is 0 Å². The Bertz CT molecular complexity index is 267. The van der Waals surface area contributed by atoms with Crippen LogP contribution in [0.1, 0.15) is 39.5 Å². The van der Waals surface area contributed by atoms with Gasteiger partial charge in [0.15, 0.2) is 0 Å². The van der Waals surface area contributed by atoms with Gasteiger partial charge in [-0.25, -0.2) is 0 Å². The third-order valence-corrected chi connectivity index (χ3v) is 2.36. The summed E-state index contributed by atoms with van der Waals surface area (Å²) in [7, 11) is 0. The number of hydrogen-bond acceptors (Lipinski definition) is 3. The average Bonchev–Trinajstić information content (AvgIpc) is 2.94. The summed E-state index contributed by atoms with van der Waals surface area (Å²) in [6.07, 6.45) is 3.19. The van der Waals surface area contributed by atoms with Crippen LogP contribution in [0.2, 0.25) is 0 Å². The molecule has 5 heteroatoms. The SMILES string of the molecule is CC(C)(O)C(=O)NCCCC(=O)NC1CC1. The lowest BCUT2D eigenvalue weighted by Crippen LogP contribution is -2.42. The van der Waals surface area contributed by atoms with Gasteiger partial charge >= 0.3 is 0 Å². The highest BCUT2D eigenvalue weighted by atomic mass is 16.3. The Hall–Kier alpha value is -1.10. The Kier molecular flexibility index (Phi) is 4.29.